The number of rotatable bonds is 4. The van der Waals surface area contributed by atoms with Gasteiger partial charge in [0.1, 0.15) is 10.8 Å². The lowest BCUT2D eigenvalue weighted by Gasteiger charge is -2.19. The molecular weight excluding hydrogens is 325 g/mol. The number of carbonyl (C=O) groups is 1. The Morgan fingerprint density at radius 3 is 2.92 bits per heavy atom. The van der Waals surface area contributed by atoms with Gasteiger partial charge in [-0.05, 0) is 49.4 Å². The topological polar surface area (TPSA) is 54.4 Å². The van der Waals surface area contributed by atoms with Crippen molar-refractivity contribution < 1.29 is 9.18 Å². The molecule has 0 saturated heterocycles. The number of benzene rings is 1. The first-order chi connectivity index (χ1) is 11.6. The Morgan fingerprint density at radius 2 is 2.17 bits per heavy atom. The summed E-state index contributed by atoms with van der Waals surface area (Å²) in [5, 5.41) is 6.92. The van der Waals surface area contributed by atoms with Gasteiger partial charge in [-0.3, -0.25) is 4.79 Å². The van der Waals surface area contributed by atoms with Gasteiger partial charge in [-0.25, -0.2) is 14.8 Å². The Kier molecular flexibility index (Phi) is 5.35. The number of hydrogen-bond donors (Lipinski definition) is 1. The highest BCUT2D eigenvalue weighted by Crippen LogP contribution is 2.24. The Bertz CT molecular complexity index is 739. The molecule has 1 saturated carbocycles. The quantitative estimate of drug-likeness (QED) is 0.846. The number of nitrogens with one attached hydrogen (secondary N) is 1. The lowest BCUT2D eigenvalue weighted by molar-refractivity contribution is -0.120. The molecule has 0 bridgehead atoms. The van der Waals surface area contributed by atoms with E-state index in [0.717, 1.165) is 35.5 Å². The number of aromatic nitrogens is 1. The summed E-state index contributed by atoms with van der Waals surface area (Å²) in [5.74, 6) is 0.0191. The minimum atomic E-state index is -0.272. The third-order valence-corrected chi connectivity index (χ3v) is 5.14. The Hall–Kier alpha value is -2.08. The predicted octanol–water partition coefficient (Wildman–Crippen LogP) is 4.17. The van der Waals surface area contributed by atoms with Crippen LogP contribution in [0.2, 0.25) is 0 Å². The molecule has 1 aromatic heterocycles. The first kappa shape index (κ1) is 16.8. The Labute approximate surface area is 144 Å². The molecular formula is C18H20FN3OS. The molecule has 126 valence electrons. The molecule has 1 amide bonds. The van der Waals surface area contributed by atoms with Crippen LogP contribution in [-0.4, -0.2) is 16.6 Å². The number of hydrazone groups is 1. The van der Waals surface area contributed by atoms with E-state index in [2.05, 4.69) is 22.4 Å². The molecule has 0 aliphatic heterocycles. The molecule has 6 heteroatoms. The summed E-state index contributed by atoms with van der Waals surface area (Å²) in [6.07, 6.45) is 4.68. The van der Waals surface area contributed by atoms with Crippen LogP contribution in [0.1, 0.15) is 38.3 Å². The van der Waals surface area contributed by atoms with Gasteiger partial charge in [0.15, 0.2) is 0 Å². The lowest BCUT2D eigenvalue weighted by Crippen LogP contribution is -2.25. The molecule has 2 aromatic rings. The summed E-state index contributed by atoms with van der Waals surface area (Å²) >= 11 is 1.45. The van der Waals surface area contributed by atoms with Crippen LogP contribution in [-0.2, 0) is 11.2 Å². The van der Waals surface area contributed by atoms with Crippen LogP contribution in [0.5, 0.6) is 0 Å². The zero-order valence-electron chi connectivity index (χ0n) is 13.6. The highest BCUT2D eigenvalue weighted by Gasteiger charge is 2.16. The standard InChI is InChI=1S/C18H20FN3OS/c1-12-4-2-3-5-16(12)21-22-17(23)10-15-11-24-18(20-15)13-6-8-14(19)9-7-13/h6-9,11-12H,2-5,10H2,1H3,(H,22,23)/b21-16-/t12-/m1/s1. The third-order valence-electron chi connectivity index (χ3n) is 4.20. The van der Waals surface area contributed by atoms with E-state index in [1.54, 1.807) is 12.1 Å². The second-order valence-electron chi connectivity index (χ2n) is 6.11. The normalized spacial score (nSPS) is 19.4. The summed E-state index contributed by atoms with van der Waals surface area (Å²) in [5.41, 5.74) is 5.29. The number of carbonyl (C=O) groups excluding carboxylic acids is 1. The van der Waals surface area contributed by atoms with E-state index in [1.165, 1.54) is 29.9 Å². The molecule has 24 heavy (non-hydrogen) atoms. The van der Waals surface area contributed by atoms with Crippen molar-refractivity contribution >= 4 is 23.0 Å². The van der Waals surface area contributed by atoms with Gasteiger partial charge in [0, 0.05) is 16.7 Å². The fourth-order valence-electron chi connectivity index (χ4n) is 2.79. The fourth-order valence-corrected chi connectivity index (χ4v) is 3.61. The van der Waals surface area contributed by atoms with Crippen LogP contribution in [0, 0.1) is 11.7 Å². The smallest absolute Gasteiger partial charge is 0.246 e. The molecule has 3 rings (SSSR count). The Balaban J connectivity index is 1.59. The molecule has 1 aliphatic rings. The zero-order chi connectivity index (χ0) is 16.9. The van der Waals surface area contributed by atoms with Crippen LogP contribution >= 0.6 is 11.3 Å². The predicted molar refractivity (Wildman–Crippen MR) is 94.4 cm³/mol. The van der Waals surface area contributed by atoms with Crippen LogP contribution in [0.15, 0.2) is 34.7 Å². The van der Waals surface area contributed by atoms with Crippen molar-refractivity contribution in [3.05, 3.63) is 41.2 Å². The summed E-state index contributed by atoms with van der Waals surface area (Å²) in [7, 11) is 0. The molecule has 1 aliphatic carbocycles. The van der Waals surface area contributed by atoms with Crippen molar-refractivity contribution in [2.24, 2.45) is 11.0 Å². The van der Waals surface area contributed by atoms with Crippen molar-refractivity contribution in [2.75, 3.05) is 0 Å². The van der Waals surface area contributed by atoms with E-state index in [0.29, 0.717) is 11.6 Å². The monoisotopic (exact) mass is 345 g/mol. The zero-order valence-corrected chi connectivity index (χ0v) is 14.4. The second-order valence-corrected chi connectivity index (χ2v) is 6.97. The highest BCUT2D eigenvalue weighted by molar-refractivity contribution is 7.13. The first-order valence-corrected chi connectivity index (χ1v) is 9.05. The van der Waals surface area contributed by atoms with Gasteiger partial charge in [-0.2, -0.15) is 5.10 Å². The third kappa shape index (κ3) is 4.26. The minimum absolute atomic E-state index is 0.156. The summed E-state index contributed by atoms with van der Waals surface area (Å²) in [6.45, 7) is 2.15. The van der Waals surface area contributed by atoms with Crippen molar-refractivity contribution in [1.82, 2.24) is 10.4 Å². The maximum atomic E-state index is 13.0. The van der Waals surface area contributed by atoms with Gasteiger partial charge in [0.2, 0.25) is 5.91 Å². The van der Waals surface area contributed by atoms with E-state index < -0.39 is 0 Å². The average Bonchev–Trinajstić information content (AvgIpc) is 3.03. The van der Waals surface area contributed by atoms with Gasteiger partial charge < -0.3 is 0 Å². The van der Waals surface area contributed by atoms with Crippen LogP contribution in [0.3, 0.4) is 0 Å². The van der Waals surface area contributed by atoms with E-state index in [-0.39, 0.29) is 18.1 Å². The maximum absolute atomic E-state index is 13.0. The van der Waals surface area contributed by atoms with Crippen molar-refractivity contribution in [2.45, 2.75) is 39.0 Å². The average molecular weight is 345 g/mol. The second kappa shape index (κ2) is 7.66. The van der Waals surface area contributed by atoms with Crippen molar-refractivity contribution in [3.8, 4) is 10.6 Å². The highest BCUT2D eigenvalue weighted by atomic mass is 32.1. The largest absolute Gasteiger partial charge is 0.273 e. The van der Waals surface area contributed by atoms with Crippen LogP contribution in [0.4, 0.5) is 4.39 Å². The summed E-state index contributed by atoms with van der Waals surface area (Å²) < 4.78 is 13.0. The minimum Gasteiger partial charge on any atom is -0.273 e. The number of halogens is 1. The van der Waals surface area contributed by atoms with E-state index in [4.69, 9.17) is 0 Å². The van der Waals surface area contributed by atoms with Gasteiger partial charge in [0.05, 0.1) is 12.1 Å². The molecule has 0 spiro atoms. The van der Waals surface area contributed by atoms with E-state index in [1.807, 2.05) is 5.38 Å². The van der Waals surface area contributed by atoms with Crippen molar-refractivity contribution in [3.63, 3.8) is 0 Å². The van der Waals surface area contributed by atoms with E-state index in [9.17, 15) is 9.18 Å². The van der Waals surface area contributed by atoms with Crippen LogP contribution in [0.25, 0.3) is 10.6 Å². The molecule has 1 fully saturated rings. The molecule has 0 radical (unpaired) electrons. The maximum Gasteiger partial charge on any atom is 0.246 e. The number of amides is 1. The van der Waals surface area contributed by atoms with Gasteiger partial charge >= 0.3 is 0 Å². The van der Waals surface area contributed by atoms with Gasteiger partial charge in [-0.15, -0.1) is 11.3 Å². The molecule has 4 nitrogen and oxygen atoms in total. The lowest BCUT2D eigenvalue weighted by atomic mass is 9.89. The summed E-state index contributed by atoms with van der Waals surface area (Å²) in [6, 6.07) is 6.19. The van der Waals surface area contributed by atoms with Crippen molar-refractivity contribution in [1.29, 1.82) is 0 Å². The Morgan fingerprint density at radius 1 is 1.38 bits per heavy atom. The fraction of sp³-hybridized carbons (Fsp3) is 0.389. The number of thiazole rings is 1. The molecule has 1 N–H and O–H groups in total. The molecule has 1 aromatic carbocycles. The molecule has 0 unspecified atom stereocenters. The summed E-state index contributed by atoms with van der Waals surface area (Å²) in [4.78, 5) is 16.5. The number of nitrogens with zero attached hydrogens (tertiary/aromatic N) is 2. The SMILES string of the molecule is C[C@@H]1CCCC/C1=N/NC(=O)Cc1csc(-c2ccc(F)cc2)n1. The van der Waals surface area contributed by atoms with Gasteiger partial charge in [-0.1, -0.05) is 13.3 Å². The molecule has 1 heterocycles. The number of hydrogen-bond acceptors (Lipinski definition) is 4. The molecule has 1 atom stereocenters. The van der Waals surface area contributed by atoms with Crippen LogP contribution < -0.4 is 5.43 Å². The first-order valence-electron chi connectivity index (χ1n) is 8.17. The van der Waals surface area contributed by atoms with Gasteiger partial charge in [0.25, 0.3) is 0 Å². The van der Waals surface area contributed by atoms with E-state index >= 15 is 0 Å².